The highest BCUT2D eigenvalue weighted by Crippen LogP contribution is 2.27. The van der Waals surface area contributed by atoms with E-state index in [4.69, 9.17) is 18.9 Å². The first-order chi connectivity index (χ1) is 18.1. The zero-order valence-corrected chi connectivity index (χ0v) is 30.0. The summed E-state index contributed by atoms with van der Waals surface area (Å²) in [6, 6.07) is 0. The van der Waals surface area contributed by atoms with Gasteiger partial charge < -0.3 is 18.9 Å². The van der Waals surface area contributed by atoms with E-state index in [9.17, 15) is 4.79 Å². The number of thioether (sulfide) groups is 4. The van der Waals surface area contributed by atoms with Crippen molar-refractivity contribution in [3.63, 3.8) is 0 Å². The molecule has 0 heterocycles. The molecule has 0 radical (unpaired) electrons. The van der Waals surface area contributed by atoms with Crippen molar-refractivity contribution < 1.29 is 23.7 Å². The summed E-state index contributed by atoms with van der Waals surface area (Å²) in [5, 5.41) is 0.255. The summed E-state index contributed by atoms with van der Waals surface area (Å²) in [6.45, 7) is 26.8. The minimum atomic E-state index is -0.387. The van der Waals surface area contributed by atoms with Crippen LogP contribution >= 0.6 is 47.0 Å². The van der Waals surface area contributed by atoms with E-state index in [2.05, 4.69) is 69.2 Å². The molecule has 0 aromatic rings. The van der Waals surface area contributed by atoms with E-state index in [1.165, 1.54) is 11.8 Å². The average Bonchev–Trinajstić information content (AvgIpc) is 2.79. The first kappa shape index (κ1) is 39.9. The van der Waals surface area contributed by atoms with Gasteiger partial charge in [-0.05, 0) is 6.42 Å². The summed E-state index contributed by atoms with van der Waals surface area (Å²) in [5.41, 5.74) is -0.387. The number of rotatable bonds is 23. The van der Waals surface area contributed by atoms with Gasteiger partial charge in [0.1, 0.15) is 0 Å². The predicted octanol–water partition coefficient (Wildman–Crippen LogP) is 8.08. The van der Waals surface area contributed by atoms with Gasteiger partial charge in [-0.3, -0.25) is 4.79 Å². The Morgan fingerprint density at radius 3 is 1.21 bits per heavy atom. The fourth-order valence-electron chi connectivity index (χ4n) is 3.23. The molecule has 234 valence electrons. The zero-order valence-electron chi connectivity index (χ0n) is 26.8. The smallest absolute Gasteiger partial charge is 0.189 e. The Bertz CT molecular complexity index is 552. The third kappa shape index (κ3) is 27.5. The molecule has 0 aromatic carbocycles. The van der Waals surface area contributed by atoms with Crippen molar-refractivity contribution in [2.75, 3.05) is 75.9 Å². The molecular formula is C30H60O5S4. The molecule has 0 aromatic heterocycles. The number of ether oxygens (including phenoxy) is 4. The average molecular weight is 629 g/mol. The molecule has 0 rings (SSSR count). The molecule has 0 bridgehead atoms. The molecule has 0 amide bonds. The lowest BCUT2D eigenvalue weighted by Crippen LogP contribution is -2.42. The van der Waals surface area contributed by atoms with Crippen LogP contribution in [0.4, 0.5) is 0 Å². The predicted molar refractivity (Wildman–Crippen MR) is 179 cm³/mol. The normalized spacial score (nSPS) is 13.3. The van der Waals surface area contributed by atoms with Crippen molar-refractivity contribution in [3.05, 3.63) is 0 Å². The summed E-state index contributed by atoms with van der Waals surface area (Å²) in [7, 11) is 0. The summed E-state index contributed by atoms with van der Waals surface area (Å²) in [5.74, 6) is 3.52. The number of hydrogen-bond donors (Lipinski definition) is 0. The SMILES string of the molecule is CCCCC(=O)SCCOCC(COCCSC(C)(C)C)(COCCSC(C)(C)C)COCCSC(C)(C)C. The van der Waals surface area contributed by atoms with Crippen LogP contribution in [0.5, 0.6) is 0 Å². The second-order valence-electron chi connectivity index (χ2n) is 12.9. The van der Waals surface area contributed by atoms with Gasteiger partial charge in [0, 0.05) is 43.7 Å². The van der Waals surface area contributed by atoms with Crippen molar-refractivity contribution in [2.24, 2.45) is 5.41 Å². The lowest BCUT2D eigenvalue weighted by Gasteiger charge is -2.33. The quantitative estimate of drug-likeness (QED) is 0.105. The Morgan fingerprint density at radius 2 is 0.897 bits per heavy atom. The van der Waals surface area contributed by atoms with Crippen molar-refractivity contribution in [2.45, 2.75) is 103 Å². The first-order valence-electron chi connectivity index (χ1n) is 14.5. The van der Waals surface area contributed by atoms with Crippen LogP contribution in [-0.4, -0.2) is 95.2 Å². The maximum Gasteiger partial charge on any atom is 0.189 e. The molecule has 0 fully saturated rings. The third-order valence-electron chi connectivity index (χ3n) is 5.15. The van der Waals surface area contributed by atoms with Crippen molar-refractivity contribution in [3.8, 4) is 0 Å². The molecular weight excluding hydrogens is 569 g/mol. The molecule has 0 aliphatic carbocycles. The van der Waals surface area contributed by atoms with Gasteiger partial charge in [-0.1, -0.05) is 87.4 Å². The van der Waals surface area contributed by atoms with E-state index in [1.54, 1.807) is 0 Å². The van der Waals surface area contributed by atoms with Crippen LogP contribution in [-0.2, 0) is 23.7 Å². The Balaban J connectivity index is 5.12. The lowest BCUT2D eigenvalue weighted by atomic mass is 9.92. The second kappa shape index (κ2) is 21.6. The summed E-state index contributed by atoms with van der Waals surface area (Å²) >= 11 is 7.11. The molecule has 0 saturated heterocycles. The molecule has 5 nitrogen and oxygen atoms in total. The molecule has 0 atom stereocenters. The van der Waals surface area contributed by atoms with E-state index < -0.39 is 0 Å². The number of hydrogen-bond acceptors (Lipinski definition) is 9. The molecule has 0 aliphatic rings. The molecule has 0 unspecified atom stereocenters. The highest BCUT2D eigenvalue weighted by molar-refractivity contribution is 8.13. The fourth-order valence-corrected chi connectivity index (χ4v) is 6.39. The van der Waals surface area contributed by atoms with Gasteiger partial charge in [0.05, 0.1) is 58.3 Å². The van der Waals surface area contributed by atoms with Gasteiger partial charge in [-0.15, -0.1) is 0 Å². The molecule has 0 spiro atoms. The van der Waals surface area contributed by atoms with E-state index in [0.717, 1.165) is 30.1 Å². The first-order valence-corrected chi connectivity index (χ1v) is 18.4. The van der Waals surface area contributed by atoms with Crippen LogP contribution in [0.1, 0.15) is 88.5 Å². The highest BCUT2D eigenvalue weighted by Gasteiger charge is 2.33. The van der Waals surface area contributed by atoms with Crippen LogP contribution in [0.15, 0.2) is 0 Å². The summed E-state index contributed by atoms with van der Waals surface area (Å²) in [4.78, 5) is 12.0. The van der Waals surface area contributed by atoms with Gasteiger partial charge in [-0.2, -0.15) is 35.3 Å². The zero-order chi connectivity index (χ0) is 29.8. The topological polar surface area (TPSA) is 54.0 Å². The summed E-state index contributed by atoms with van der Waals surface area (Å²) in [6.07, 6.45) is 2.64. The molecule has 9 heteroatoms. The van der Waals surface area contributed by atoms with Gasteiger partial charge >= 0.3 is 0 Å². The van der Waals surface area contributed by atoms with Gasteiger partial charge in [0.15, 0.2) is 5.12 Å². The van der Waals surface area contributed by atoms with E-state index in [0.29, 0.717) is 65.0 Å². The van der Waals surface area contributed by atoms with Crippen molar-refractivity contribution in [1.29, 1.82) is 0 Å². The number of carbonyl (C=O) groups is 1. The monoisotopic (exact) mass is 628 g/mol. The molecule has 0 saturated carbocycles. The van der Waals surface area contributed by atoms with Crippen molar-refractivity contribution >= 4 is 52.2 Å². The highest BCUT2D eigenvalue weighted by atomic mass is 32.2. The number of unbranched alkanes of at least 4 members (excludes halogenated alkanes) is 1. The Morgan fingerprint density at radius 1 is 0.564 bits per heavy atom. The number of carbonyl (C=O) groups excluding carboxylic acids is 1. The molecule has 0 N–H and O–H groups in total. The van der Waals surface area contributed by atoms with Gasteiger partial charge in [0.2, 0.25) is 0 Å². The van der Waals surface area contributed by atoms with Crippen molar-refractivity contribution in [1.82, 2.24) is 0 Å². The van der Waals surface area contributed by atoms with Crippen LogP contribution in [0.25, 0.3) is 0 Å². The third-order valence-corrected chi connectivity index (χ3v) is 9.75. The minimum Gasteiger partial charge on any atom is -0.380 e. The summed E-state index contributed by atoms with van der Waals surface area (Å²) < 4.78 is 25.5. The minimum absolute atomic E-state index is 0.220. The second-order valence-corrected chi connectivity index (χ2v) is 19.8. The Kier molecular flexibility index (Phi) is 22.1. The van der Waals surface area contributed by atoms with E-state index >= 15 is 0 Å². The standard InChI is InChI=1S/C30H60O5S4/c1-11-12-13-26(31)36-18-14-32-22-30(23-33-15-19-37-27(2,3)4,24-34-16-20-38-28(5,6)7)25-35-17-21-39-29(8,9)10/h11-25H2,1-10H3. The van der Waals surface area contributed by atoms with Crippen LogP contribution in [0.2, 0.25) is 0 Å². The molecule has 39 heavy (non-hydrogen) atoms. The molecule has 0 aliphatic heterocycles. The van der Waals surface area contributed by atoms with Gasteiger partial charge in [0.25, 0.3) is 0 Å². The van der Waals surface area contributed by atoms with E-state index in [1.807, 2.05) is 35.3 Å². The fraction of sp³-hybridized carbons (Fsp3) is 0.967. The van der Waals surface area contributed by atoms with Crippen LogP contribution in [0, 0.1) is 5.41 Å². The maximum absolute atomic E-state index is 12.0. The lowest BCUT2D eigenvalue weighted by molar-refractivity contribution is -0.111. The van der Waals surface area contributed by atoms with E-state index in [-0.39, 0.29) is 24.8 Å². The maximum atomic E-state index is 12.0. The van der Waals surface area contributed by atoms with Crippen LogP contribution in [0.3, 0.4) is 0 Å². The Labute approximate surface area is 258 Å². The van der Waals surface area contributed by atoms with Crippen LogP contribution < -0.4 is 0 Å². The Hall–Kier alpha value is 0.910. The largest absolute Gasteiger partial charge is 0.380 e. The van der Waals surface area contributed by atoms with Gasteiger partial charge in [-0.25, -0.2) is 0 Å².